The quantitative estimate of drug-likeness (QED) is 0.766. The molecule has 152 valence electrons. The zero-order valence-electron chi connectivity index (χ0n) is 17.6. The Hall–Kier alpha value is -1.79. The second kappa shape index (κ2) is 8.29. The van der Waals surface area contributed by atoms with Crippen molar-refractivity contribution in [3.05, 3.63) is 41.7 Å². The van der Waals surface area contributed by atoms with Crippen LogP contribution in [0.2, 0.25) is 0 Å². The smallest absolute Gasteiger partial charge is 0.173 e. The van der Waals surface area contributed by atoms with Crippen molar-refractivity contribution < 1.29 is 0 Å². The van der Waals surface area contributed by atoms with Gasteiger partial charge in [-0.25, -0.2) is 4.68 Å². The van der Waals surface area contributed by atoms with E-state index in [1.165, 1.54) is 31.2 Å². The molecule has 0 unspecified atom stereocenters. The summed E-state index contributed by atoms with van der Waals surface area (Å²) in [5, 5.41) is 13.0. The minimum absolute atomic E-state index is 0.0997. The molecule has 2 aliphatic rings. The van der Waals surface area contributed by atoms with Gasteiger partial charge in [0.2, 0.25) is 0 Å². The Bertz CT molecular complexity index is 741. The van der Waals surface area contributed by atoms with Crippen LogP contribution >= 0.6 is 0 Å². The van der Waals surface area contributed by atoms with Crippen molar-refractivity contribution in [2.45, 2.75) is 70.5 Å². The molecular formula is C22H34N6. The molecule has 0 radical (unpaired) electrons. The highest BCUT2D eigenvalue weighted by Gasteiger charge is 2.35. The van der Waals surface area contributed by atoms with Gasteiger partial charge in [-0.15, -0.1) is 5.10 Å². The third kappa shape index (κ3) is 3.85. The number of piperazine rings is 1. The number of aromatic nitrogens is 4. The predicted octanol–water partition coefficient (Wildman–Crippen LogP) is 3.47. The number of hydrogen-bond donors (Lipinski definition) is 0. The summed E-state index contributed by atoms with van der Waals surface area (Å²) < 4.78 is 2.05. The third-order valence-electron chi connectivity index (χ3n) is 6.85. The molecule has 28 heavy (non-hydrogen) atoms. The van der Waals surface area contributed by atoms with E-state index in [0.717, 1.165) is 44.5 Å². The largest absolute Gasteiger partial charge is 0.298 e. The lowest BCUT2D eigenvalue weighted by Gasteiger charge is -2.41. The molecule has 1 atom stereocenters. The highest BCUT2D eigenvalue weighted by Crippen LogP contribution is 2.32. The molecule has 1 saturated heterocycles. The summed E-state index contributed by atoms with van der Waals surface area (Å²) in [6.45, 7) is 11.0. The molecule has 0 spiro atoms. The normalized spacial score (nSPS) is 21.2. The van der Waals surface area contributed by atoms with E-state index in [0.29, 0.717) is 0 Å². The van der Waals surface area contributed by atoms with Crippen LogP contribution in [0.4, 0.5) is 0 Å². The fourth-order valence-corrected chi connectivity index (χ4v) is 4.73. The van der Waals surface area contributed by atoms with Crippen molar-refractivity contribution in [2.24, 2.45) is 0 Å². The minimum Gasteiger partial charge on any atom is -0.298 e. The first-order chi connectivity index (χ1) is 13.6. The molecule has 0 N–H and O–H groups in total. The van der Waals surface area contributed by atoms with Crippen molar-refractivity contribution in [2.75, 3.05) is 26.2 Å². The summed E-state index contributed by atoms with van der Waals surface area (Å²) in [5.41, 5.74) is 1.18. The van der Waals surface area contributed by atoms with E-state index in [9.17, 15) is 0 Å². The molecule has 2 heterocycles. The third-order valence-corrected chi connectivity index (χ3v) is 6.85. The summed E-state index contributed by atoms with van der Waals surface area (Å²) in [4.78, 5) is 5.29. The Morgan fingerprint density at radius 2 is 1.71 bits per heavy atom. The first-order valence-electron chi connectivity index (χ1n) is 10.9. The average Bonchev–Trinajstić information content (AvgIpc) is 3.42. The number of hydrogen-bond acceptors (Lipinski definition) is 5. The van der Waals surface area contributed by atoms with Gasteiger partial charge in [-0.2, -0.15) is 0 Å². The molecule has 6 nitrogen and oxygen atoms in total. The van der Waals surface area contributed by atoms with Crippen LogP contribution in [0.15, 0.2) is 30.3 Å². The summed E-state index contributed by atoms with van der Waals surface area (Å²) in [6, 6.07) is 11.7. The van der Waals surface area contributed by atoms with Crippen LogP contribution in [0.25, 0.3) is 0 Å². The summed E-state index contributed by atoms with van der Waals surface area (Å²) in [5.74, 6) is 0.965. The monoisotopic (exact) mass is 382 g/mol. The van der Waals surface area contributed by atoms with Gasteiger partial charge in [0.05, 0.1) is 11.6 Å². The predicted molar refractivity (Wildman–Crippen MR) is 111 cm³/mol. The van der Waals surface area contributed by atoms with Crippen LogP contribution in [0.5, 0.6) is 0 Å². The maximum atomic E-state index is 4.53. The minimum atomic E-state index is -0.0997. The van der Waals surface area contributed by atoms with Crippen molar-refractivity contribution in [3.8, 4) is 0 Å². The molecule has 1 aliphatic heterocycles. The summed E-state index contributed by atoms with van der Waals surface area (Å²) >= 11 is 0. The maximum Gasteiger partial charge on any atom is 0.173 e. The molecule has 1 aromatic heterocycles. The molecule has 1 aliphatic carbocycles. The molecule has 0 bridgehead atoms. The van der Waals surface area contributed by atoms with Crippen LogP contribution in [-0.4, -0.2) is 62.2 Å². The molecule has 4 rings (SSSR count). The van der Waals surface area contributed by atoms with E-state index in [1.54, 1.807) is 0 Å². The molecule has 6 heteroatoms. The van der Waals surface area contributed by atoms with E-state index >= 15 is 0 Å². The second-order valence-corrected chi connectivity index (χ2v) is 8.94. The van der Waals surface area contributed by atoms with E-state index < -0.39 is 0 Å². The Labute approximate surface area is 168 Å². The van der Waals surface area contributed by atoms with Crippen LogP contribution < -0.4 is 0 Å². The Balaban J connectivity index is 1.61. The van der Waals surface area contributed by atoms with Crippen LogP contribution in [0.1, 0.15) is 70.3 Å². The second-order valence-electron chi connectivity index (χ2n) is 8.94. The van der Waals surface area contributed by atoms with Gasteiger partial charge in [-0.1, -0.05) is 50.1 Å². The fourth-order valence-electron chi connectivity index (χ4n) is 4.73. The van der Waals surface area contributed by atoms with Crippen molar-refractivity contribution >= 4 is 0 Å². The zero-order chi connectivity index (χ0) is 19.6. The Kier molecular flexibility index (Phi) is 5.78. The van der Waals surface area contributed by atoms with Gasteiger partial charge in [0.25, 0.3) is 0 Å². The number of benzene rings is 1. The Morgan fingerprint density at radius 1 is 1.04 bits per heavy atom. The highest BCUT2D eigenvalue weighted by molar-refractivity contribution is 5.25. The highest BCUT2D eigenvalue weighted by atomic mass is 15.6. The van der Waals surface area contributed by atoms with Crippen molar-refractivity contribution in [3.63, 3.8) is 0 Å². The topological polar surface area (TPSA) is 50.1 Å². The van der Waals surface area contributed by atoms with Crippen LogP contribution in [0, 0.1) is 0 Å². The lowest BCUT2D eigenvalue weighted by molar-refractivity contribution is 0.0751. The van der Waals surface area contributed by atoms with E-state index in [1.807, 2.05) is 4.68 Å². The lowest BCUT2D eigenvalue weighted by Crippen LogP contribution is -2.51. The van der Waals surface area contributed by atoms with E-state index in [4.69, 9.17) is 0 Å². The SMILES string of the molecule is CCC(C)(C)n1nnnc1[C@H](c1ccccc1)N1CCN(C2CCCC2)CC1. The molecule has 2 fully saturated rings. The number of rotatable bonds is 6. The fraction of sp³-hybridized carbons (Fsp3) is 0.682. The van der Waals surface area contributed by atoms with Gasteiger partial charge in [0.15, 0.2) is 5.82 Å². The van der Waals surface area contributed by atoms with Gasteiger partial charge < -0.3 is 0 Å². The average molecular weight is 383 g/mol. The first-order valence-corrected chi connectivity index (χ1v) is 10.9. The van der Waals surface area contributed by atoms with Crippen molar-refractivity contribution in [1.82, 2.24) is 30.0 Å². The maximum absolute atomic E-state index is 4.53. The summed E-state index contributed by atoms with van der Waals surface area (Å²) in [7, 11) is 0. The molecule has 0 amide bonds. The van der Waals surface area contributed by atoms with Crippen LogP contribution in [0.3, 0.4) is 0 Å². The van der Waals surface area contributed by atoms with E-state index in [-0.39, 0.29) is 11.6 Å². The van der Waals surface area contributed by atoms with Gasteiger partial charge in [-0.05, 0) is 49.1 Å². The summed E-state index contributed by atoms with van der Waals surface area (Å²) in [6.07, 6.45) is 6.55. The van der Waals surface area contributed by atoms with Gasteiger partial charge in [0, 0.05) is 32.2 Å². The number of nitrogens with zero attached hydrogens (tertiary/aromatic N) is 6. The Morgan fingerprint density at radius 3 is 2.36 bits per heavy atom. The number of tetrazole rings is 1. The van der Waals surface area contributed by atoms with Gasteiger partial charge >= 0.3 is 0 Å². The molecular weight excluding hydrogens is 348 g/mol. The lowest BCUT2D eigenvalue weighted by atomic mass is 9.99. The standard InChI is InChI=1S/C22H34N6/c1-4-22(2,3)28-21(23-24-25-28)20(18-10-6-5-7-11-18)27-16-14-26(15-17-27)19-12-8-9-13-19/h5-7,10-11,19-20H,4,8-9,12-17H2,1-3H3/t20-/m0/s1. The zero-order valence-corrected chi connectivity index (χ0v) is 17.6. The molecule has 1 aromatic carbocycles. The van der Waals surface area contributed by atoms with E-state index in [2.05, 4.69) is 76.4 Å². The van der Waals surface area contributed by atoms with Crippen molar-refractivity contribution in [1.29, 1.82) is 0 Å². The van der Waals surface area contributed by atoms with Crippen LogP contribution in [-0.2, 0) is 5.54 Å². The van der Waals surface area contributed by atoms with Gasteiger partial charge in [0.1, 0.15) is 0 Å². The molecule has 1 saturated carbocycles. The van der Waals surface area contributed by atoms with Gasteiger partial charge in [-0.3, -0.25) is 9.80 Å². The first kappa shape index (κ1) is 19.5. The molecule has 2 aromatic rings.